The molecule has 0 aromatic heterocycles. The number of rotatable bonds is 11. The Labute approximate surface area is 242 Å². The number of unbranched alkanes of at least 4 members (excludes halogenated alkanes) is 1. The van der Waals surface area contributed by atoms with Crippen LogP contribution in [0.5, 0.6) is 0 Å². The molecule has 2 N–H and O–H groups in total. The van der Waals surface area contributed by atoms with E-state index in [4.69, 9.17) is 0 Å². The Morgan fingerprint density at radius 1 is 1.08 bits per heavy atom. The molecule has 1 aliphatic heterocycles. The van der Waals surface area contributed by atoms with Crippen LogP contribution in [-0.2, 0) is 6.54 Å². The summed E-state index contributed by atoms with van der Waals surface area (Å²) in [4.78, 5) is 28.4. The fourth-order valence-electron chi connectivity index (χ4n) is 5.08. The molecule has 0 aliphatic carbocycles. The number of fused-ring (bicyclic) bond motifs is 1. The highest BCUT2D eigenvalue weighted by molar-refractivity contribution is 6.07. The first-order valence-corrected chi connectivity index (χ1v) is 13.1. The summed E-state index contributed by atoms with van der Waals surface area (Å²) >= 11 is 0. The average molecular weight is 578 g/mol. The van der Waals surface area contributed by atoms with Crippen LogP contribution in [0.25, 0.3) is 10.8 Å². The van der Waals surface area contributed by atoms with E-state index in [9.17, 15) is 20.0 Å². The molecule has 0 bridgehead atoms. The first-order valence-electron chi connectivity index (χ1n) is 13.1. The van der Waals surface area contributed by atoms with Gasteiger partial charge >= 0.3 is 0 Å². The lowest BCUT2D eigenvalue weighted by Gasteiger charge is -2.43. The number of nitrogens with zero attached hydrogens (tertiary/aromatic N) is 3. The maximum absolute atomic E-state index is 13.6. The highest BCUT2D eigenvalue weighted by Gasteiger charge is 2.31. The molecule has 1 heterocycles. The van der Waals surface area contributed by atoms with E-state index < -0.39 is 4.92 Å². The maximum Gasteiger partial charge on any atom is 0.269 e. The van der Waals surface area contributed by atoms with Crippen LogP contribution in [0, 0.1) is 10.1 Å². The van der Waals surface area contributed by atoms with Gasteiger partial charge < -0.3 is 15.3 Å². The molecular formula is C29H38Cl2N4O4. The lowest BCUT2D eigenvalue weighted by Crippen LogP contribution is -2.57. The van der Waals surface area contributed by atoms with E-state index in [1.165, 1.54) is 12.1 Å². The van der Waals surface area contributed by atoms with Gasteiger partial charge in [0.2, 0.25) is 0 Å². The number of aliphatic hydroxyl groups is 1. The molecule has 1 saturated heterocycles. The SMILES string of the molecule is CCCC[C@H]1CN(C(=O)c2cccc3ccccc23)CCN1C[C@H](CO)NCc1ccc([N+](=O)[O-])cc1.Cl.Cl. The van der Waals surface area contributed by atoms with Gasteiger partial charge in [-0.05, 0) is 28.8 Å². The number of hydrogen-bond acceptors (Lipinski definition) is 6. The van der Waals surface area contributed by atoms with Gasteiger partial charge in [-0.2, -0.15) is 0 Å². The zero-order chi connectivity index (χ0) is 26.2. The second-order valence-corrected chi connectivity index (χ2v) is 9.75. The van der Waals surface area contributed by atoms with Gasteiger partial charge in [-0.25, -0.2) is 0 Å². The third kappa shape index (κ3) is 8.37. The van der Waals surface area contributed by atoms with Gasteiger partial charge in [-0.1, -0.05) is 68.3 Å². The van der Waals surface area contributed by atoms with Crippen molar-refractivity contribution in [3.05, 3.63) is 88.0 Å². The highest BCUT2D eigenvalue weighted by Crippen LogP contribution is 2.23. The van der Waals surface area contributed by atoms with Crippen LogP contribution in [0.4, 0.5) is 5.69 Å². The Bertz CT molecular complexity index is 1210. The topological polar surface area (TPSA) is 99.0 Å². The van der Waals surface area contributed by atoms with Gasteiger partial charge in [-0.3, -0.25) is 19.8 Å². The Morgan fingerprint density at radius 2 is 1.79 bits per heavy atom. The van der Waals surface area contributed by atoms with Gasteiger partial charge in [0, 0.05) is 62.5 Å². The quantitative estimate of drug-likeness (QED) is 0.244. The van der Waals surface area contributed by atoms with E-state index >= 15 is 0 Å². The maximum atomic E-state index is 13.6. The molecular weight excluding hydrogens is 539 g/mol. The van der Waals surface area contributed by atoms with Crippen LogP contribution in [0.15, 0.2) is 66.7 Å². The molecule has 3 aromatic carbocycles. The van der Waals surface area contributed by atoms with E-state index in [0.29, 0.717) is 26.2 Å². The molecule has 3 aromatic rings. The van der Waals surface area contributed by atoms with Crippen LogP contribution >= 0.6 is 24.8 Å². The molecule has 0 unspecified atom stereocenters. The third-order valence-electron chi connectivity index (χ3n) is 7.22. The minimum atomic E-state index is -0.408. The van der Waals surface area contributed by atoms with E-state index in [2.05, 4.69) is 17.1 Å². The van der Waals surface area contributed by atoms with E-state index in [0.717, 1.165) is 47.7 Å². The number of hydrogen-bond donors (Lipinski definition) is 2. The molecule has 212 valence electrons. The zero-order valence-electron chi connectivity index (χ0n) is 22.2. The number of nitrogens with one attached hydrogen (secondary N) is 1. The smallest absolute Gasteiger partial charge is 0.269 e. The minimum absolute atomic E-state index is 0. The summed E-state index contributed by atoms with van der Waals surface area (Å²) in [6.45, 7) is 5.42. The molecule has 1 fully saturated rings. The van der Waals surface area contributed by atoms with E-state index in [1.54, 1.807) is 12.1 Å². The zero-order valence-corrected chi connectivity index (χ0v) is 23.8. The monoisotopic (exact) mass is 576 g/mol. The van der Waals surface area contributed by atoms with Crippen molar-refractivity contribution in [2.75, 3.05) is 32.8 Å². The summed E-state index contributed by atoms with van der Waals surface area (Å²) in [7, 11) is 0. The Hall–Kier alpha value is -2.75. The number of aliphatic hydroxyl groups excluding tert-OH is 1. The van der Waals surface area contributed by atoms with Gasteiger partial charge in [0.1, 0.15) is 0 Å². The Kier molecular flexibility index (Phi) is 13.1. The molecule has 2 atom stereocenters. The second kappa shape index (κ2) is 15.7. The first-order chi connectivity index (χ1) is 18.0. The largest absolute Gasteiger partial charge is 0.395 e. The minimum Gasteiger partial charge on any atom is -0.395 e. The molecule has 8 nitrogen and oxygen atoms in total. The van der Waals surface area contributed by atoms with E-state index in [-0.39, 0.29) is 55.1 Å². The van der Waals surface area contributed by atoms with Crippen LogP contribution in [0.1, 0.15) is 42.1 Å². The molecule has 1 amide bonds. The molecule has 0 saturated carbocycles. The number of benzene rings is 3. The van der Waals surface area contributed by atoms with Crippen molar-refractivity contribution in [1.82, 2.24) is 15.1 Å². The van der Waals surface area contributed by atoms with Gasteiger partial charge in [0.25, 0.3) is 11.6 Å². The van der Waals surface area contributed by atoms with Crippen molar-refractivity contribution in [1.29, 1.82) is 0 Å². The summed E-state index contributed by atoms with van der Waals surface area (Å²) in [5.41, 5.74) is 1.74. The molecule has 39 heavy (non-hydrogen) atoms. The van der Waals surface area contributed by atoms with E-state index in [1.807, 2.05) is 47.4 Å². The predicted octanol–water partition coefficient (Wildman–Crippen LogP) is 5.06. The second-order valence-electron chi connectivity index (χ2n) is 9.75. The summed E-state index contributed by atoms with van der Waals surface area (Å²) in [6, 6.07) is 20.5. The Balaban J connectivity index is 0.00000267. The van der Waals surface area contributed by atoms with Gasteiger partial charge in [0.15, 0.2) is 0 Å². The number of nitro groups is 1. The summed E-state index contributed by atoms with van der Waals surface area (Å²) in [5.74, 6) is 0.0768. The number of nitro benzene ring substituents is 1. The van der Waals surface area contributed by atoms with Gasteiger partial charge in [-0.15, -0.1) is 24.8 Å². The fraction of sp³-hybridized carbons (Fsp3) is 0.414. The molecule has 1 aliphatic rings. The lowest BCUT2D eigenvalue weighted by atomic mass is 10.0. The number of amides is 1. The lowest BCUT2D eigenvalue weighted by molar-refractivity contribution is -0.384. The molecule has 0 radical (unpaired) electrons. The van der Waals surface area contributed by atoms with Crippen molar-refractivity contribution in [3.8, 4) is 0 Å². The number of carbonyl (C=O) groups is 1. The van der Waals surface area contributed by atoms with Crippen molar-refractivity contribution in [3.63, 3.8) is 0 Å². The summed E-state index contributed by atoms with van der Waals surface area (Å²) in [6.07, 6.45) is 3.16. The first kappa shape index (κ1) is 32.5. The average Bonchev–Trinajstić information content (AvgIpc) is 2.94. The van der Waals surface area contributed by atoms with Crippen molar-refractivity contribution in [2.24, 2.45) is 0 Å². The van der Waals surface area contributed by atoms with Crippen LogP contribution in [0.3, 0.4) is 0 Å². The molecule has 10 heteroatoms. The van der Waals surface area contributed by atoms with Gasteiger partial charge in [0.05, 0.1) is 11.5 Å². The van der Waals surface area contributed by atoms with Crippen LogP contribution in [0.2, 0.25) is 0 Å². The fourth-order valence-corrected chi connectivity index (χ4v) is 5.08. The van der Waals surface area contributed by atoms with Crippen molar-refractivity contribution >= 4 is 47.2 Å². The standard InChI is InChI=1S/C29H36N4O4.2ClH/c1-2-3-9-26-20-32(29(35)28-11-6-8-23-7-4-5-10-27(23)28)17-16-31(26)19-24(21-34)30-18-22-12-14-25(15-13-22)33(36)37;;/h4-8,10-15,24,26,30,34H,2-3,9,16-21H2,1H3;2*1H/t24-,26+;;/m1../s1. The van der Waals surface area contributed by atoms with Crippen LogP contribution in [-0.4, -0.2) is 70.6 Å². The van der Waals surface area contributed by atoms with Crippen molar-refractivity contribution in [2.45, 2.75) is 44.8 Å². The summed E-state index contributed by atoms with van der Waals surface area (Å²) in [5, 5.41) is 26.4. The van der Waals surface area contributed by atoms with Crippen LogP contribution < -0.4 is 5.32 Å². The summed E-state index contributed by atoms with van der Waals surface area (Å²) < 4.78 is 0. The predicted molar refractivity (Wildman–Crippen MR) is 160 cm³/mol. The number of non-ortho nitro benzene ring substituents is 1. The normalized spacial score (nSPS) is 16.3. The number of piperazine rings is 1. The number of carbonyl (C=O) groups excluding carboxylic acids is 1. The van der Waals surface area contributed by atoms with Crippen molar-refractivity contribution < 1.29 is 14.8 Å². The highest BCUT2D eigenvalue weighted by atomic mass is 35.5. The Morgan fingerprint density at radius 3 is 2.49 bits per heavy atom. The number of halogens is 2. The molecule has 0 spiro atoms. The third-order valence-corrected chi connectivity index (χ3v) is 7.22. The molecule has 4 rings (SSSR count).